The minimum Gasteiger partial charge on any atom is -0.394 e. The van der Waals surface area contributed by atoms with Gasteiger partial charge in [-0.1, -0.05) is 24.6 Å². The maximum absolute atomic E-state index is 11.6. The summed E-state index contributed by atoms with van der Waals surface area (Å²) in [5.41, 5.74) is 1.64. The number of amides is 2. The molecule has 0 unspecified atom stereocenters. The average molecular weight is 250 g/mol. The maximum atomic E-state index is 11.6. The predicted octanol–water partition coefficient (Wildman–Crippen LogP) is 0.821. The van der Waals surface area contributed by atoms with Crippen LogP contribution in [0.5, 0.6) is 0 Å². The number of carbonyl (C=O) groups is 2. The van der Waals surface area contributed by atoms with Gasteiger partial charge in [0.15, 0.2) is 0 Å². The number of nitrogens with one attached hydrogen (secondary N) is 2. The van der Waals surface area contributed by atoms with Crippen molar-refractivity contribution in [2.24, 2.45) is 0 Å². The van der Waals surface area contributed by atoms with Crippen LogP contribution in [0.15, 0.2) is 24.3 Å². The number of benzene rings is 1. The summed E-state index contributed by atoms with van der Waals surface area (Å²) in [7, 11) is 0. The van der Waals surface area contributed by atoms with Gasteiger partial charge < -0.3 is 15.7 Å². The van der Waals surface area contributed by atoms with Crippen molar-refractivity contribution < 1.29 is 14.7 Å². The zero-order valence-electron chi connectivity index (χ0n) is 10.6. The molecule has 0 fully saturated rings. The van der Waals surface area contributed by atoms with E-state index in [2.05, 4.69) is 10.6 Å². The topological polar surface area (TPSA) is 78.4 Å². The third-order valence-electron chi connectivity index (χ3n) is 2.56. The molecule has 18 heavy (non-hydrogen) atoms. The molecule has 0 aliphatic heterocycles. The van der Waals surface area contributed by atoms with Gasteiger partial charge in [0.05, 0.1) is 12.6 Å². The normalized spacial score (nSPS) is 11.7. The smallest absolute Gasteiger partial charge is 0.313 e. The van der Waals surface area contributed by atoms with E-state index >= 15 is 0 Å². The van der Waals surface area contributed by atoms with E-state index in [4.69, 9.17) is 5.11 Å². The van der Waals surface area contributed by atoms with Crippen molar-refractivity contribution in [3.8, 4) is 0 Å². The van der Waals surface area contributed by atoms with E-state index in [1.165, 1.54) is 0 Å². The lowest BCUT2D eigenvalue weighted by molar-refractivity contribution is -0.136. The molecule has 1 atom stereocenters. The third kappa shape index (κ3) is 4.18. The summed E-state index contributed by atoms with van der Waals surface area (Å²) in [6.07, 6.45) is 0.569. The number of aryl methyl sites for hydroxylation is 1. The second-order valence-electron chi connectivity index (χ2n) is 4.08. The Bertz CT molecular complexity index is 411. The Labute approximate surface area is 106 Å². The van der Waals surface area contributed by atoms with E-state index in [1.807, 2.05) is 26.0 Å². The molecular weight excluding hydrogens is 232 g/mol. The van der Waals surface area contributed by atoms with Gasteiger partial charge in [0.2, 0.25) is 0 Å². The van der Waals surface area contributed by atoms with Crippen molar-refractivity contribution in [3.63, 3.8) is 0 Å². The number of aliphatic hydroxyl groups excluding tert-OH is 1. The highest BCUT2D eigenvalue weighted by atomic mass is 16.3. The number of anilines is 1. The lowest BCUT2D eigenvalue weighted by Crippen LogP contribution is -2.43. The SMILES string of the molecule is CC[C@H](CO)NC(=O)C(=O)Nc1ccc(C)cc1. The van der Waals surface area contributed by atoms with Crippen molar-refractivity contribution in [1.82, 2.24) is 5.32 Å². The second-order valence-corrected chi connectivity index (χ2v) is 4.08. The molecule has 3 N–H and O–H groups in total. The van der Waals surface area contributed by atoms with Crippen molar-refractivity contribution in [2.45, 2.75) is 26.3 Å². The van der Waals surface area contributed by atoms with Crippen LogP contribution in [-0.4, -0.2) is 29.6 Å². The molecule has 2 amide bonds. The molecule has 98 valence electrons. The molecule has 0 aromatic heterocycles. The highest BCUT2D eigenvalue weighted by Gasteiger charge is 2.16. The van der Waals surface area contributed by atoms with Gasteiger partial charge in [-0.15, -0.1) is 0 Å². The van der Waals surface area contributed by atoms with E-state index < -0.39 is 11.8 Å². The zero-order valence-corrected chi connectivity index (χ0v) is 10.6. The first kappa shape index (κ1) is 14.2. The summed E-state index contributed by atoms with van der Waals surface area (Å²) < 4.78 is 0. The van der Waals surface area contributed by atoms with Gasteiger partial charge in [-0.05, 0) is 25.5 Å². The first-order valence-corrected chi connectivity index (χ1v) is 5.86. The lowest BCUT2D eigenvalue weighted by atomic mass is 10.2. The summed E-state index contributed by atoms with van der Waals surface area (Å²) in [6, 6.07) is 6.75. The Morgan fingerprint density at radius 1 is 1.22 bits per heavy atom. The molecule has 0 radical (unpaired) electrons. The Morgan fingerprint density at radius 2 is 1.83 bits per heavy atom. The summed E-state index contributed by atoms with van der Waals surface area (Å²) in [4.78, 5) is 23.1. The Balaban J connectivity index is 2.54. The first-order chi connectivity index (χ1) is 8.56. The molecule has 0 saturated heterocycles. The zero-order chi connectivity index (χ0) is 13.5. The van der Waals surface area contributed by atoms with Crippen LogP contribution in [0.1, 0.15) is 18.9 Å². The summed E-state index contributed by atoms with van der Waals surface area (Å²) in [5, 5.41) is 13.9. The van der Waals surface area contributed by atoms with Gasteiger partial charge in [0.25, 0.3) is 0 Å². The van der Waals surface area contributed by atoms with Gasteiger partial charge in [-0.3, -0.25) is 9.59 Å². The molecule has 1 aromatic carbocycles. The fraction of sp³-hybridized carbons (Fsp3) is 0.385. The second kappa shape index (κ2) is 6.76. The summed E-state index contributed by atoms with van der Waals surface area (Å²) in [6.45, 7) is 3.57. The minimum absolute atomic E-state index is 0.181. The Morgan fingerprint density at radius 3 is 2.33 bits per heavy atom. The quantitative estimate of drug-likeness (QED) is 0.692. The van der Waals surface area contributed by atoms with E-state index in [1.54, 1.807) is 12.1 Å². The molecule has 0 saturated carbocycles. The van der Waals surface area contributed by atoms with E-state index in [0.717, 1.165) is 5.56 Å². The van der Waals surface area contributed by atoms with Gasteiger partial charge >= 0.3 is 11.8 Å². The van der Waals surface area contributed by atoms with E-state index in [0.29, 0.717) is 12.1 Å². The van der Waals surface area contributed by atoms with Gasteiger partial charge in [0.1, 0.15) is 0 Å². The van der Waals surface area contributed by atoms with Crippen molar-refractivity contribution >= 4 is 17.5 Å². The Hall–Kier alpha value is -1.88. The Kier molecular flexibility index (Phi) is 5.32. The van der Waals surface area contributed by atoms with Crippen LogP contribution in [0, 0.1) is 6.92 Å². The van der Waals surface area contributed by atoms with Crippen LogP contribution in [0.4, 0.5) is 5.69 Å². The number of hydrogen-bond donors (Lipinski definition) is 3. The molecule has 5 heteroatoms. The molecule has 0 heterocycles. The number of hydrogen-bond acceptors (Lipinski definition) is 3. The number of rotatable bonds is 4. The van der Waals surface area contributed by atoms with E-state index in [9.17, 15) is 9.59 Å². The van der Waals surface area contributed by atoms with Crippen LogP contribution >= 0.6 is 0 Å². The molecule has 1 aromatic rings. The minimum atomic E-state index is -0.739. The van der Waals surface area contributed by atoms with Crippen molar-refractivity contribution in [2.75, 3.05) is 11.9 Å². The maximum Gasteiger partial charge on any atom is 0.313 e. The van der Waals surface area contributed by atoms with Gasteiger partial charge in [0, 0.05) is 5.69 Å². The fourth-order valence-electron chi connectivity index (χ4n) is 1.35. The highest BCUT2D eigenvalue weighted by molar-refractivity contribution is 6.39. The van der Waals surface area contributed by atoms with Crippen LogP contribution in [-0.2, 0) is 9.59 Å². The summed E-state index contributed by atoms with van der Waals surface area (Å²) >= 11 is 0. The van der Waals surface area contributed by atoms with Crippen LogP contribution in [0.2, 0.25) is 0 Å². The first-order valence-electron chi connectivity index (χ1n) is 5.86. The average Bonchev–Trinajstić information content (AvgIpc) is 2.38. The largest absolute Gasteiger partial charge is 0.394 e. The monoisotopic (exact) mass is 250 g/mol. The standard InChI is InChI=1S/C13H18N2O3/c1-3-10(8-16)14-12(17)13(18)15-11-6-4-9(2)5-7-11/h4-7,10,16H,3,8H2,1-2H3,(H,14,17)(H,15,18)/t10-/m1/s1. The van der Waals surface area contributed by atoms with E-state index in [-0.39, 0.29) is 12.6 Å². The molecule has 1 rings (SSSR count). The van der Waals surface area contributed by atoms with Gasteiger partial charge in [-0.2, -0.15) is 0 Å². The predicted molar refractivity (Wildman–Crippen MR) is 69.1 cm³/mol. The van der Waals surface area contributed by atoms with Crippen LogP contribution in [0.3, 0.4) is 0 Å². The molecule has 0 aliphatic carbocycles. The van der Waals surface area contributed by atoms with Crippen molar-refractivity contribution in [1.29, 1.82) is 0 Å². The van der Waals surface area contributed by atoms with Crippen molar-refractivity contribution in [3.05, 3.63) is 29.8 Å². The lowest BCUT2D eigenvalue weighted by Gasteiger charge is -2.13. The summed E-state index contributed by atoms with van der Waals surface area (Å²) in [5.74, 6) is -1.47. The van der Waals surface area contributed by atoms with Gasteiger partial charge in [-0.25, -0.2) is 0 Å². The van der Waals surface area contributed by atoms with Crippen LogP contribution < -0.4 is 10.6 Å². The fourth-order valence-corrected chi connectivity index (χ4v) is 1.35. The van der Waals surface area contributed by atoms with Crippen LogP contribution in [0.25, 0.3) is 0 Å². The third-order valence-corrected chi connectivity index (χ3v) is 2.56. The molecule has 5 nitrogen and oxygen atoms in total. The molecule has 0 bridgehead atoms. The molecular formula is C13H18N2O3. The molecule has 0 aliphatic rings. The number of aliphatic hydroxyl groups is 1. The number of carbonyl (C=O) groups excluding carboxylic acids is 2. The highest BCUT2D eigenvalue weighted by Crippen LogP contribution is 2.08. The molecule has 0 spiro atoms.